The van der Waals surface area contributed by atoms with E-state index < -0.39 is 0 Å². The first-order valence-electron chi connectivity index (χ1n) is 7.85. The Morgan fingerprint density at radius 2 is 1.74 bits per heavy atom. The summed E-state index contributed by atoms with van der Waals surface area (Å²) in [7, 11) is 0. The first kappa shape index (κ1) is 13.4. The minimum Gasteiger partial charge on any atom is -0.393 e. The highest BCUT2D eigenvalue weighted by Gasteiger charge is 2.44. The maximum atomic E-state index is 12.6. The fraction of sp³-hybridized carbons (Fsp3) is 0.933. The molecule has 4 heteroatoms. The lowest BCUT2D eigenvalue weighted by Crippen LogP contribution is -2.52. The van der Waals surface area contributed by atoms with Gasteiger partial charge in [-0.2, -0.15) is 0 Å². The smallest absolute Gasteiger partial charge is 0.224 e. The van der Waals surface area contributed by atoms with Crippen molar-refractivity contribution in [3.63, 3.8) is 0 Å². The van der Waals surface area contributed by atoms with Gasteiger partial charge in [-0.3, -0.25) is 4.79 Å². The van der Waals surface area contributed by atoms with Gasteiger partial charge in [0.15, 0.2) is 0 Å². The molecule has 3 rings (SSSR count). The minimum atomic E-state index is -0.259. The third-order valence-electron chi connectivity index (χ3n) is 5.35. The molecule has 2 aliphatic heterocycles. The molecule has 1 amide bonds. The number of rotatable bonds is 2. The van der Waals surface area contributed by atoms with Crippen molar-refractivity contribution in [1.82, 2.24) is 4.90 Å². The maximum Gasteiger partial charge on any atom is 0.224 e. The van der Waals surface area contributed by atoms with Crippen LogP contribution >= 0.6 is 0 Å². The molecule has 2 heterocycles. The van der Waals surface area contributed by atoms with E-state index in [-0.39, 0.29) is 29.6 Å². The molecular weight excluding hydrogens is 240 g/mol. The predicted octanol–water partition coefficient (Wildman–Crippen LogP) is 1.55. The van der Waals surface area contributed by atoms with E-state index in [2.05, 4.69) is 4.90 Å². The first-order valence-corrected chi connectivity index (χ1v) is 7.85. The second kappa shape index (κ2) is 5.06. The zero-order chi connectivity index (χ0) is 13.5. The van der Waals surface area contributed by atoms with Crippen molar-refractivity contribution in [2.24, 2.45) is 5.73 Å². The molecule has 3 N–H and O–H groups in total. The molecule has 1 aliphatic carbocycles. The van der Waals surface area contributed by atoms with Gasteiger partial charge >= 0.3 is 0 Å². The van der Waals surface area contributed by atoms with Gasteiger partial charge in [0.1, 0.15) is 0 Å². The SMILES string of the molecule is NC1(CC(=O)N2C3CCC2CC(O)C3)CCCCC1. The van der Waals surface area contributed by atoms with Gasteiger partial charge in [-0.05, 0) is 38.5 Å². The van der Waals surface area contributed by atoms with Crippen LogP contribution in [-0.2, 0) is 4.79 Å². The van der Waals surface area contributed by atoms with Crippen LogP contribution in [0.4, 0.5) is 0 Å². The van der Waals surface area contributed by atoms with E-state index in [9.17, 15) is 9.90 Å². The normalized spacial score (nSPS) is 37.4. The van der Waals surface area contributed by atoms with Crippen LogP contribution in [0.15, 0.2) is 0 Å². The Hall–Kier alpha value is -0.610. The minimum absolute atomic E-state index is 0.205. The molecule has 108 valence electrons. The second-order valence-electron chi connectivity index (χ2n) is 6.91. The van der Waals surface area contributed by atoms with E-state index in [1.165, 1.54) is 6.42 Å². The monoisotopic (exact) mass is 266 g/mol. The average molecular weight is 266 g/mol. The molecule has 2 atom stereocenters. The van der Waals surface area contributed by atoms with E-state index in [0.29, 0.717) is 6.42 Å². The molecule has 19 heavy (non-hydrogen) atoms. The van der Waals surface area contributed by atoms with E-state index in [4.69, 9.17) is 5.73 Å². The molecule has 2 saturated heterocycles. The summed E-state index contributed by atoms with van der Waals surface area (Å²) >= 11 is 0. The zero-order valence-electron chi connectivity index (χ0n) is 11.7. The summed E-state index contributed by atoms with van der Waals surface area (Å²) in [5.74, 6) is 0.240. The summed E-state index contributed by atoms with van der Waals surface area (Å²) in [6, 6.07) is 0.543. The number of nitrogens with zero attached hydrogens (tertiary/aromatic N) is 1. The van der Waals surface area contributed by atoms with Crippen LogP contribution in [-0.4, -0.2) is 39.6 Å². The maximum absolute atomic E-state index is 12.6. The van der Waals surface area contributed by atoms with Crippen LogP contribution in [0.1, 0.15) is 64.2 Å². The standard InChI is InChI=1S/C15H26N2O2/c16-15(6-2-1-3-7-15)10-14(19)17-11-4-5-12(17)9-13(18)8-11/h11-13,18H,1-10,16H2. The van der Waals surface area contributed by atoms with Gasteiger partial charge in [-0.1, -0.05) is 19.3 Å². The summed E-state index contributed by atoms with van der Waals surface area (Å²) in [5, 5.41) is 9.80. The lowest BCUT2D eigenvalue weighted by molar-refractivity contribution is -0.139. The van der Waals surface area contributed by atoms with Gasteiger partial charge in [0, 0.05) is 24.0 Å². The molecule has 4 nitrogen and oxygen atoms in total. The van der Waals surface area contributed by atoms with Gasteiger partial charge in [0.05, 0.1) is 6.10 Å². The van der Waals surface area contributed by atoms with Crippen LogP contribution in [0, 0.1) is 0 Å². The zero-order valence-corrected chi connectivity index (χ0v) is 11.7. The summed E-state index contributed by atoms with van der Waals surface area (Å²) in [4.78, 5) is 14.7. The summed E-state index contributed by atoms with van der Waals surface area (Å²) in [6.45, 7) is 0. The molecule has 0 spiro atoms. The Labute approximate surface area is 115 Å². The molecule has 1 saturated carbocycles. The number of piperidine rings is 1. The summed E-state index contributed by atoms with van der Waals surface area (Å²) in [5.41, 5.74) is 6.15. The summed E-state index contributed by atoms with van der Waals surface area (Å²) < 4.78 is 0. The molecule has 0 radical (unpaired) electrons. The quantitative estimate of drug-likeness (QED) is 0.797. The Kier molecular flexibility index (Phi) is 3.56. The van der Waals surface area contributed by atoms with Gasteiger partial charge in [0.2, 0.25) is 5.91 Å². The van der Waals surface area contributed by atoms with Crippen molar-refractivity contribution < 1.29 is 9.90 Å². The van der Waals surface area contributed by atoms with E-state index in [1.54, 1.807) is 0 Å². The predicted molar refractivity (Wildman–Crippen MR) is 73.5 cm³/mol. The molecule has 0 aromatic carbocycles. The van der Waals surface area contributed by atoms with Crippen molar-refractivity contribution in [3.8, 4) is 0 Å². The Bertz CT molecular complexity index is 338. The third kappa shape index (κ3) is 2.65. The van der Waals surface area contributed by atoms with Gasteiger partial charge in [-0.15, -0.1) is 0 Å². The van der Waals surface area contributed by atoms with Crippen molar-refractivity contribution in [2.75, 3.05) is 0 Å². The highest BCUT2D eigenvalue weighted by molar-refractivity contribution is 5.78. The number of carbonyl (C=O) groups is 1. The van der Waals surface area contributed by atoms with Crippen LogP contribution in [0.2, 0.25) is 0 Å². The molecule has 3 fully saturated rings. The first-order chi connectivity index (χ1) is 9.07. The number of nitrogens with two attached hydrogens (primary N) is 1. The number of hydrogen-bond acceptors (Lipinski definition) is 3. The largest absolute Gasteiger partial charge is 0.393 e. The molecule has 0 aromatic heterocycles. The average Bonchev–Trinajstić information content (AvgIpc) is 2.62. The van der Waals surface area contributed by atoms with Crippen LogP contribution in [0.3, 0.4) is 0 Å². The molecule has 0 aromatic rings. The fourth-order valence-corrected chi connectivity index (χ4v) is 4.38. The number of carbonyl (C=O) groups excluding carboxylic acids is 1. The topological polar surface area (TPSA) is 66.6 Å². The number of fused-ring (bicyclic) bond motifs is 2. The lowest BCUT2D eigenvalue weighted by atomic mass is 9.79. The van der Waals surface area contributed by atoms with Crippen molar-refractivity contribution in [3.05, 3.63) is 0 Å². The van der Waals surface area contributed by atoms with Crippen LogP contribution in [0.5, 0.6) is 0 Å². The number of aliphatic hydroxyl groups is 1. The van der Waals surface area contributed by atoms with Gasteiger partial charge in [0.25, 0.3) is 0 Å². The van der Waals surface area contributed by atoms with Crippen LogP contribution in [0.25, 0.3) is 0 Å². The Morgan fingerprint density at radius 1 is 1.16 bits per heavy atom. The lowest BCUT2D eigenvalue weighted by Gasteiger charge is -2.40. The molecule has 2 bridgehead atoms. The van der Waals surface area contributed by atoms with Gasteiger partial charge < -0.3 is 15.7 Å². The Balaban J connectivity index is 1.64. The highest BCUT2D eigenvalue weighted by atomic mass is 16.3. The highest BCUT2D eigenvalue weighted by Crippen LogP contribution is 2.38. The number of aliphatic hydroxyl groups excluding tert-OH is 1. The second-order valence-corrected chi connectivity index (χ2v) is 6.91. The third-order valence-corrected chi connectivity index (χ3v) is 5.35. The summed E-state index contributed by atoms with van der Waals surface area (Å²) in [6.07, 6.45) is 9.52. The number of hydrogen-bond donors (Lipinski definition) is 2. The van der Waals surface area contributed by atoms with Crippen molar-refractivity contribution in [2.45, 2.75) is 87.9 Å². The van der Waals surface area contributed by atoms with Gasteiger partial charge in [-0.25, -0.2) is 0 Å². The molecule has 3 aliphatic rings. The van der Waals surface area contributed by atoms with E-state index >= 15 is 0 Å². The van der Waals surface area contributed by atoms with Crippen molar-refractivity contribution >= 4 is 5.91 Å². The number of amides is 1. The molecular formula is C15H26N2O2. The molecule has 2 unspecified atom stereocenters. The van der Waals surface area contributed by atoms with Crippen LogP contribution < -0.4 is 5.73 Å². The Morgan fingerprint density at radius 3 is 2.32 bits per heavy atom. The van der Waals surface area contributed by atoms with Crippen molar-refractivity contribution in [1.29, 1.82) is 0 Å². The van der Waals surface area contributed by atoms with E-state index in [0.717, 1.165) is 51.4 Å². The van der Waals surface area contributed by atoms with E-state index in [1.807, 2.05) is 0 Å². The fourth-order valence-electron chi connectivity index (χ4n) is 4.38.